The highest BCUT2D eigenvalue weighted by Crippen LogP contribution is 2.22. The fourth-order valence-electron chi connectivity index (χ4n) is 5.56. The Hall–Kier alpha value is -4.07. The normalized spacial score (nSPS) is 12.3. The third-order valence-corrected chi connectivity index (χ3v) is 7.80. The van der Waals surface area contributed by atoms with E-state index in [1.54, 1.807) is 4.90 Å². The van der Waals surface area contributed by atoms with Gasteiger partial charge < -0.3 is 14.5 Å². The molecule has 0 bridgehead atoms. The van der Waals surface area contributed by atoms with Gasteiger partial charge >= 0.3 is 6.09 Å². The molecular formula is C39H47F2N3O2. The number of benzene rings is 4. The molecule has 46 heavy (non-hydrogen) atoms. The van der Waals surface area contributed by atoms with Crippen molar-refractivity contribution in [2.75, 3.05) is 26.7 Å². The van der Waals surface area contributed by atoms with E-state index in [-0.39, 0.29) is 12.1 Å². The van der Waals surface area contributed by atoms with Crippen molar-refractivity contribution in [2.24, 2.45) is 0 Å². The summed E-state index contributed by atoms with van der Waals surface area (Å²) in [6, 6.07) is 34.2. The van der Waals surface area contributed by atoms with Gasteiger partial charge in [0.1, 0.15) is 17.2 Å². The van der Waals surface area contributed by atoms with Gasteiger partial charge in [-0.1, -0.05) is 91.0 Å². The minimum atomic E-state index is -0.642. The summed E-state index contributed by atoms with van der Waals surface area (Å²) in [5, 5.41) is 0. The molecule has 0 saturated heterocycles. The quantitative estimate of drug-likeness (QED) is 0.133. The second-order valence-electron chi connectivity index (χ2n) is 13.0. The van der Waals surface area contributed by atoms with Crippen LogP contribution in [0.3, 0.4) is 0 Å². The van der Waals surface area contributed by atoms with E-state index < -0.39 is 17.2 Å². The zero-order valence-corrected chi connectivity index (χ0v) is 27.5. The van der Waals surface area contributed by atoms with Gasteiger partial charge in [0.2, 0.25) is 0 Å². The Morgan fingerprint density at radius 2 is 1.15 bits per heavy atom. The Morgan fingerprint density at radius 3 is 1.63 bits per heavy atom. The lowest BCUT2D eigenvalue weighted by Crippen LogP contribution is -2.44. The van der Waals surface area contributed by atoms with E-state index in [0.29, 0.717) is 51.1 Å². The molecule has 1 unspecified atom stereocenters. The zero-order chi connectivity index (χ0) is 32.9. The van der Waals surface area contributed by atoms with Crippen molar-refractivity contribution in [3.05, 3.63) is 143 Å². The largest absolute Gasteiger partial charge is 0.444 e. The van der Waals surface area contributed by atoms with Crippen molar-refractivity contribution in [3.8, 4) is 0 Å². The van der Waals surface area contributed by atoms with Crippen LogP contribution in [0.2, 0.25) is 0 Å². The first-order chi connectivity index (χ1) is 22.0. The van der Waals surface area contributed by atoms with Crippen LogP contribution >= 0.6 is 0 Å². The summed E-state index contributed by atoms with van der Waals surface area (Å²) in [5.41, 5.74) is 3.42. The minimum Gasteiger partial charge on any atom is -0.444 e. The molecule has 0 fully saturated rings. The molecule has 4 rings (SSSR count). The molecular weight excluding hydrogens is 580 g/mol. The molecule has 4 aromatic rings. The molecule has 4 aromatic carbocycles. The standard InChI is InChI=1S/C39H47F2N3O2/c1-39(2,3)46-38(45)43(23-22-42(4)28-31-14-8-5-9-15-31)21-20-37(26-34-24-35(40)27-36(41)25-34)44(29-32-16-10-6-11-17-32)30-33-18-12-7-13-19-33/h5-19,24-25,27,37H,20-23,26,28-30H2,1-4H3. The van der Waals surface area contributed by atoms with Crippen LogP contribution in [-0.4, -0.2) is 59.1 Å². The van der Waals surface area contributed by atoms with E-state index in [2.05, 4.69) is 46.2 Å². The highest BCUT2D eigenvalue weighted by Gasteiger charge is 2.26. The van der Waals surface area contributed by atoms with E-state index in [0.717, 1.165) is 23.7 Å². The van der Waals surface area contributed by atoms with Crippen LogP contribution in [0.15, 0.2) is 109 Å². The summed E-state index contributed by atoms with van der Waals surface area (Å²) in [7, 11) is 2.04. The lowest BCUT2D eigenvalue weighted by Gasteiger charge is -2.35. The fraction of sp³-hybridized carbons (Fsp3) is 0.359. The van der Waals surface area contributed by atoms with Gasteiger partial charge in [0, 0.05) is 51.4 Å². The topological polar surface area (TPSA) is 36.0 Å². The average molecular weight is 628 g/mol. The first-order valence-electron chi connectivity index (χ1n) is 16.0. The van der Waals surface area contributed by atoms with Gasteiger partial charge in [0.05, 0.1) is 0 Å². The zero-order valence-electron chi connectivity index (χ0n) is 27.5. The molecule has 244 valence electrons. The number of halogens is 2. The van der Waals surface area contributed by atoms with Crippen molar-refractivity contribution in [3.63, 3.8) is 0 Å². The second kappa shape index (κ2) is 17.0. The maximum Gasteiger partial charge on any atom is 0.410 e. The molecule has 0 aliphatic heterocycles. The summed E-state index contributed by atoms with van der Waals surface area (Å²) < 4.78 is 34.6. The molecule has 0 radical (unpaired) electrons. The number of carbonyl (C=O) groups excluding carboxylic acids is 1. The van der Waals surface area contributed by atoms with E-state index in [1.165, 1.54) is 17.7 Å². The molecule has 5 nitrogen and oxygen atoms in total. The predicted octanol–water partition coefficient (Wildman–Crippen LogP) is 8.34. The number of hydrogen-bond acceptors (Lipinski definition) is 4. The maximum absolute atomic E-state index is 14.4. The van der Waals surface area contributed by atoms with Gasteiger partial charge in [-0.15, -0.1) is 0 Å². The van der Waals surface area contributed by atoms with E-state index in [4.69, 9.17) is 4.74 Å². The first kappa shape index (κ1) is 34.8. The van der Waals surface area contributed by atoms with E-state index in [9.17, 15) is 13.6 Å². The highest BCUT2D eigenvalue weighted by atomic mass is 19.1. The fourth-order valence-corrected chi connectivity index (χ4v) is 5.56. The Labute approximate surface area is 273 Å². The summed E-state index contributed by atoms with van der Waals surface area (Å²) in [4.78, 5) is 19.8. The molecule has 0 heterocycles. The number of nitrogens with zero attached hydrogens (tertiary/aromatic N) is 3. The molecule has 0 saturated carbocycles. The molecule has 0 aliphatic rings. The minimum absolute atomic E-state index is 0.131. The van der Waals surface area contributed by atoms with Gasteiger partial charge in [-0.05, 0) is 75.0 Å². The van der Waals surface area contributed by atoms with Crippen LogP contribution in [0.1, 0.15) is 49.4 Å². The average Bonchev–Trinajstić information content (AvgIpc) is 3.00. The second-order valence-corrected chi connectivity index (χ2v) is 13.0. The lowest BCUT2D eigenvalue weighted by molar-refractivity contribution is 0.0213. The van der Waals surface area contributed by atoms with Crippen molar-refractivity contribution in [1.29, 1.82) is 0 Å². The number of likely N-dealkylation sites (N-methyl/N-ethyl adjacent to an activating group) is 1. The SMILES string of the molecule is CN(CCN(CCC(Cc1cc(F)cc(F)c1)N(Cc1ccccc1)Cc1ccccc1)C(=O)OC(C)(C)C)Cc1ccccc1. The summed E-state index contributed by atoms with van der Waals surface area (Å²) in [5.74, 6) is -1.19. The number of amides is 1. The Kier molecular flexibility index (Phi) is 12.9. The molecule has 0 spiro atoms. The number of ether oxygens (including phenoxy) is 1. The van der Waals surface area contributed by atoms with E-state index >= 15 is 0 Å². The molecule has 1 amide bonds. The number of rotatable bonds is 15. The molecule has 0 N–H and O–H groups in total. The Balaban J connectivity index is 1.59. The maximum atomic E-state index is 14.4. The first-order valence-corrected chi connectivity index (χ1v) is 16.0. The third-order valence-electron chi connectivity index (χ3n) is 7.80. The van der Waals surface area contributed by atoms with Crippen LogP contribution in [-0.2, 0) is 30.8 Å². The molecule has 0 aromatic heterocycles. The molecule has 0 aliphatic carbocycles. The van der Waals surface area contributed by atoms with Crippen molar-refractivity contribution in [2.45, 2.75) is 64.9 Å². The van der Waals surface area contributed by atoms with Crippen LogP contribution in [0.25, 0.3) is 0 Å². The van der Waals surface area contributed by atoms with Gasteiger partial charge in [0.25, 0.3) is 0 Å². The Morgan fingerprint density at radius 1 is 0.674 bits per heavy atom. The third kappa shape index (κ3) is 12.0. The molecule has 1 atom stereocenters. The van der Waals surface area contributed by atoms with Gasteiger partial charge in [-0.3, -0.25) is 4.90 Å². The van der Waals surface area contributed by atoms with Crippen LogP contribution < -0.4 is 0 Å². The number of carbonyl (C=O) groups is 1. The summed E-state index contributed by atoms with van der Waals surface area (Å²) in [6.45, 7) is 9.22. The molecule has 7 heteroatoms. The lowest BCUT2D eigenvalue weighted by atomic mass is 9.99. The van der Waals surface area contributed by atoms with Crippen molar-refractivity contribution >= 4 is 6.09 Å². The highest BCUT2D eigenvalue weighted by molar-refractivity contribution is 5.68. The van der Waals surface area contributed by atoms with Gasteiger partial charge in [-0.25, -0.2) is 13.6 Å². The van der Waals surface area contributed by atoms with Crippen LogP contribution in [0.5, 0.6) is 0 Å². The Bertz CT molecular complexity index is 1420. The monoisotopic (exact) mass is 627 g/mol. The van der Waals surface area contributed by atoms with Crippen molar-refractivity contribution in [1.82, 2.24) is 14.7 Å². The van der Waals surface area contributed by atoms with Crippen LogP contribution in [0, 0.1) is 11.6 Å². The van der Waals surface area contributed by atoms with Gasteiger partial charge in [-0.2, -0.15) is 0 Å². The van der Waals surface area contributed by atoms with Crippen molar-refractivity contribution < 1.29 is 18.3 Å². The smallest absolute Gasteiger partial charge is 0.410 e. The van der Waals surface area contributed by atoms with E-state index in [1.807, 2.05) is 82.4 Å². The summed E-state index contributed by atoms with van der Waals surface area (Å²) in [6.07, 6.45) is 0.637. The predicted molar refractivity (Wildman–Crippen MR) is 181 cm³/mol. The number of hydrogen-bond donors (Lipinski definition) is 0. The van der Waals surface area contributed by atoms with Gasteiger partial charge in [0.15, 0.2) is 0 Å². The van der Waals surface area contributed by atoms with Crippen LogP contribution in [0.4, 0.5) is 13.6 Å². The summed E-state index contributed by atoms with van der Waals surface area (Å²) >= 11 is 0.